The molecule has 0 unspecified atom stereocenters. The van der Waals surface area contributed by atoms with E-state index in [1.807, 2.05) is 18.2 Å². The van der Waals surface area contributed by atoms with Crippen molar-refractivity contribution in [3.8, 4) is 0 Å². The second kappa shape index (κ2) is 5.94. The molecule has 1 aliphatic rings. The summed E-state index contributed by atoms with van der Waals surface area (Å²) < 4.78 is 11.1. The molecule has 1 aliphatic heterocycles. The van der Waals surface area contributed by atoms with Crippen molar-refractivity contribution in [1.82, 2.24) is 4.98 Å². The number of hydrogen-bond donors (Lipinski definition) is 0. The summed E-state index contributed by atoms with van der Waals surface area (Å²) >= 11 is 0. The first-order valence-electron chi connectivity index (χ1n) is 6.62. The van der Waals surface area contributed by atoms with E-state index in [1.54, 1.807) is 30.6 Å². The summed E-state index contributed by atoms with van der Waals surface area (Å²) in [4.78, 5) is 16.3. The van der Waals surface area contributed by atoms with Gasteiger partial charge in [0, 0.05) is 29.1 Å². The minimum absolute atomic E-state index is 0.0231. The van der Waals surface area contributed by atoms with Crippen LogP contribution in [0.25, 0.3) is 0 Å². The highest BCUT2D eigenvalue weighted by Gasteiger charge is 2.18. The topological polar surface area (TPSA) is 48.4 Å². The number of rotatable bonds is 3. The normalized spacial score (nSPS) is 16.0. The highest BCUT2D eigenvalue weighted by atomic mass is 16.7. The zero-order chi connectivity index (χ0) is 13.8. The van der Waals surface area contributed by atoms with Crippen LogP contribution < -0.4 is 0 Å². The van der Waals surface area contributed by atoms with E-state index < -0.39 is 0 Å². The van der Waals surface area contributed by atoms with Gasteiger partial charge in [-0.25, -0.2) is 0 Å². The third-order valence-electron chi connectivity index (χ3n) is 3.19. The van der Waals surface area contributed by atoms with Gasteiger partial charge in [-0.3, -0.25) is 9.78 Å². The van der Waals surface area contributed by atoms with Gasteiger partial charge in [-0.2, -0.15) is 0 Å². The Hall–Kier alpha value is -2.04. The fraction of sp³-hybridized carbons (Fsp3) is 0.250. The van der Waals surface area contributed by atoms with E-state index in [9.17, 15) is 4.79 Å². The van der Waals surface area contributed by atoms with Gasteiger partial charge in [-0.1, -0.05) is 18.2 Å². The highest BCUT2D eigenvalue weighted by Crippen LogP contribution is 2.24. The summed E-state index contributed by atoms with van der Waals surface area (Å²) in [6, 6.07) is 10.8. The summed E-state index contributed by atoms with van der Waals surface area (Å²) in [5.74, 6) is -0.0231. The largest absolute Gasteiger partial charge is 0.348 e. The summed E-state index contributed by atoms with van der Waals surface area (Å²) in [7, 11) is 0. The van der Waals surface area contributed by atoms with Crippen molar-refractivity contribution >= 4 is 5.78 Å². The van der Waals surface area contributed by atoms with Crippen LogP contribution in [0.15, 0.2) is 48.8 Å². The number of aromatic nitrogens is 1. The number of pyridine rings is 1. The summed E-state index contributed by atoms with van der Waals surface area (Å²) in [6.45, 7) is 1.38. The average molecular weight is 269 g/mol. The van der Waals surface area contributed by atoms with Crippen LogP contribution in [0.4, 0.5) is 0 Å². The Morgan fingerprint density at radius 2 is 1.80 bits per heavy atom. The number of hydrogen-bond acceptors (Lipinski definition) is 4. The van der Waals surface area contributed by atoms with E-state index in [4.69, 9.17) is 9.47 Å². The lowest BCUT2D eigenvalue weighted by Crippen LogP contribution is -2.18. The Balaban J connectivity index is 1.85. The molecule has 0 saturated carbocycles. The molecule has 3 rings (SSSR count). The average Bonchev–Trinajstić information content (AvgIpc) is 2.56. The van der Waals surface area contributed by atoms with E-state index >= 15 is 0 Å². The molecule has 0 amide bonds. The molecule has 1 aromatic carbocycles. The summed E-state index contributed by atoms with van der Waals surface area (Å²) in [5, 5.41) is 0. The lowest BCUT2D eigenvalue weighted by Gasteiger charge is -2.23. The van der Waals surface area contributed by atoms with Gasteiger partial charge in [-0.15, -0.1) is 0 Å². The van der Waals surface area contributed by atoms with Crippen molar-refractivity contribution in [2.45, 2.75) is 12.7 Å². The van der Waals surface area contributed by atoms with Gasteiger partial charge >= 0.3 is 0 Å². The monoisotopic (exact) mass is 269 g/mol. The molecule has 4 heteroatoms. The zero-order valence-electron chi connectivity index (χ0n) is 11.0. The SMILES string of the molecule is O=C(c1ccncc1)c1cccc(C2OCCCO2)c1. The third kappa shape index (κ3) is 2.76. The number of carbonyl (C=O) groups excluding carboxylic acids is 1. The van der Waals surface area contributed by atoms with E-state index in [1.165, 1.54) is 0 Å². The van der Waals surface area contributed by atoms with E-state index in [0.29, 0.717) is 24.3 Å². The van der Waals surface area contributed by atoms with Crippen molar-refractivity contribution in [1.29, 1.82) is 0 Å². The Bertz CT molecular complexity index is 592. The van der Waals surface area contributed by atoms with Gasteiger partial charge in [0.05, 0.1) is 13.2 Å². The van der Waals surface area contributed by atoms with Crippen molar-refractivity contribution in [2.75, 3.05) is 13.2 Å². The van der Waals surface area contributed by atoms with Gasteiger partial charge in [0.2, 0.25) is 0 Å². The van der Waals surface area contributed by atoms with Crippen LogP contribution in [0, 0.1) is 0 Å². The zero-order valence-corrected chi connectivity index (χ0v) is 11.0. The quantitative estimate of drug-likeness (QED) is 0.804. The van der Waals surface area contributed by atoms with Gasteiger partial charge in [0.15, 0.2) is 12.1 Å². The minimum atomic E-state index is -0.367. The molecule has 2 aromatic rings. The third-order valence-corrected chi connectivity index (χ3v) is 3.19. The predicted octanol–water partition coefficient (Wildman–Crippen LogP) is 2.75. The Morgan fingerprint density at radius 1 is 1.05 bits per heavy atom. The standard InChI is InChI=1S/C16H15NO3/c18-15(12-5-7-17-8-6-12)13-3-1-4-14(11-13)16-19-9-2-10-20-16/h1,3-8,11,16H,2,9-10H2. The van der Waals surface area contributed by atoms with E-state index in [2.05, 4.69) is 4.98 Å². The number of benzene rings is 1. The van der Waals surface area contributed by atoms with Crippen molar-refractivity contribution in [3.05, 3.63) is 65.5 Å². The molecule has 0 spiro atoms. The molecule has 2 heterocycles. The Morgan fingerprint density at radius 3 is 2.55 bits per heavy atom. The highest BCUT2D eigenvalue weighted by molar-refractivity contribution is 6.08. The van der Waals surface area contributed by atoms with E-state index in [-0.39, 0.29) is 12.1 Å². The van der Waals surface area contributed by atoms with Gasteiger partial charge in [0.1, 0.15) is 0 Å². The molecule has 1 fully saturated rings. The molecule has 20 heavy (non-hydrogen) atoms. The number of ether oxygens (including phenoxy) is 2. The first-order valence-corrected chi connectivity index (χ1v) is 6.62. The molecule has 0 aliphatic carbocycles. The fourth-order valence-electron chi connectivity index (χ4n) is 2.18. The van der Waals surface area contributed by atoms with Crippen LogP contribution in [0.3, 0.4) is 0 Å². The first-order chi connectivity index (χ1) is 9.84. The lowest BCUT2D eigenvalue weighted by atomic mass is 10.0. The Labute approximate surface area is 117 Å². The maximum Gasteiger partial charge on any atom is 0.193 e. The van der Waals surface area contributed by atoms with Gasteiger partial charge in [0.25, 0.3) is 0 Å². The predicted molar refractivity (Wildman–Crippen MR) is 73.4 cm³/mol. The van der Waals surface area contributed by atoms with Crippen molar-refractivity contribution in [2.24, 2.45) is 0 Å². The maximum atomic E-state index is 12.4. The molecule has 1 saturated heterocycles. The van der Waals surface area contributed by atoms with Crippen LogP contribution in [0.5, 0.6) is 0 Å². The summed E-state index contributed by atoms with van der Waals surface area (Å²) in [5.41, 5.74) is 2.14. The molecule has 102 valence electrons. The summed E-state index contributed by atoms with van der Waals surface area (Å²) in [6.07, 6.45) is 3.77. The molecular weight excluding hydrogens is 254 g/mol. The molecule has 0 bridgehead atoms. The fourth-order valence-corrected chi connectivity index (χ4v) is 2.18. The maximum absolute atomic E-state index is 12.4. The van der Waals surface area contributed by atoms with Crippen LogP contribution in [0.1, 0.15) is 34.2 Å². The first kappa shape index (κ1) is 13.0. The molecule has 4 nitrogen and oxygen atoms in total. The number of carbonyl (C=O) groups is 1. The molecule has 0 atom stereocenters. The van der Waals surface area contributed by atoms with Crippen LogP contribution in [-0.4, -0.2) is 24.0 Å². The molecular formula is C16H15NO3. The molecule has 1 aromatic heterocycles. The van der Waals surface area contributed by atoms with Gasteiger partial charge in [-0.05, 0) is 24.6 Å². The van der Waals surface area contributed by atoms with Gasteiger partial charge < -0.3 is 9.47 Å². The van der Waals surface area contributed by atoms with Crippen molar-refractivity contribution in [3.63, 3.8) is 0 Å². The van der Waals surface area contributed by atoms with Crippen LogP contribution in [0.2, 0.25) is 0 Å². The van der Waals surface area contributed by atoms with Crippen molar-refractivity contribution < 1.29 is 14.3 Å². The minimum Gasteiger partial charge on any atom is -0.348 e. The second-order valence-electron chi connectivity index (χ2n) is 4.62. The lowest BCUT2D eigenvalue weighted by molar-refractivity contribution is -0.183. The van der Waals surface area contributed by atoms with E-state index in [0.717, 1.165) is 12.0 Å². The molecule has 0 N–H and O–H groups in total. The van der Waals surface area contributed by atoms with Crippen LogP contribution in [-0.2, 0) is 9.47 Å². The number of ketones is 1. The number of nitrogens with zero attached hydrogens (tertiary/aromatic N) is 1. The van der Waals surface area contributed by atoms with Crippen LogP contribution >= 0.6 is 0 Å². The molecule has 0 radical (unpaired) electrons. The smallest absolute Gasteiger partial charge is 0.193 e. The second-order valence-corrected chi connectivity index (χ2v) is 4.62. The Kier molecular flexibility index (Phi) is 3.85.